The maximum Gasteiger partial charge on any atom is 0.272 e. The zero-order valence-electron chi connectivity index (χ0n) is 13.9. The number of hydrogen-bond acceptors (Lipinski definition) is 6. The summed E-state index contributed by atoms with van der Waals surface area (Å²) < 4.78 is 0. The Morgan fingerprint density at radius 3 is 2.72 bits per heavy atom. The van der Waals surface area contributed by atoms with E-state index >= 15 is 0 Å². The Hall–Kier alpha value is -2.68. The van der Waals surface area contributed by atoms with E-state index in [1.807, 2.05) is 13.0 Å². The number of aryl methyl sites for hydroxylation is 1. The summed E-state index contributed by atoms with van der Waals surface area (Å²) in [4.78, 5) is 28.4. The van der Waals surface area contributed by atoms with Gasteiger partial charge in [0.15, 0.2) is 0 Å². The topological polar surface area (TPSA) is 116 Å². The van der Waals surface area contributed by atoms with Crippen molar-refractivity contribution < 1.29 is 4.79 Å². The summed E-state index contributed by atoms with van der Waals surface area (Å²) in [6.07, 6.45) is 0. The van der Waals surface area contributed by atoms with Crippen molar-refractivity contribution >= 4 is 28.4 Å². The largest absolute Gasteiger partial charge is 0.355 e. The molecule has 3 rings (SSSR count). The van der Waals surface area contributed by atoms with Crippen molar-refractivity contribution in [2.75, 3.05) is 12.3 Å². The lowest BCUT2D eigenvalue weighted by Crippen LogP contribution is -2.31. The van der Waals surface area contributed by atoms with Gasteiger partial charge in [0.05, 0.1) is 17.0 Å². The van der Waals surface area contributed by atoms with Gasteiger partial charge in [-0.1, -0.05) is 30.0 Å². The molecular formula is C16H18N6O2S. The monoisotopic (exact) mass is 358 g/mol. The highest BCUT2D eigenvalue weighted by atomic mass is 32.2. The summed E-state index contributed by atoms with van der Waals surface area (Å²) in [7, 11) is 0. The maximum absolute atomic E-state index is 12.4. The minimum Gasteiger partial charge on any atom is -0.355 e. The van der Waals surface area contributed by atoms with E-state index in [-0.39, 0.29) is 11.5 Å². The quantitative estimate of drug-likeness (QED) is 0.452. The zero-order chi connectivity index (χ0) is 17.8. The fourth-order valence-corrected chi connectivity index (χ4v) is 3.14. The van der Waals surface area contributed by atoms with E-state index in [2.05, 4.69) is 30.7 Å². The van der Waals surface area contributed by atoms with Crippen LogP contribution >= 0.6 is 11.8 Å². The molecule has 1 aromatic carbocycles. The number of carbonyl (C=O) groups is 1. The van der Waals surface area contributed by atoms with E-state index in [1.165, 1.54) is 11.8 Å². The van der Waals surface area contributed by atoms with Gasteiger partial charge >= 0.3 is 0 Å². The van der Waals surface area contributed by atoms with Crippen LogP contribution in [0.15, 0.2) is 34.2 Å². The Bertz CT molecular complexity index is 951. The van der Waals surface area contributed by atoms with Gasteiger partial charge in [-0.25, -0.2) is 10.1 Å². The smallest absolute Gasteiger partial charge is 0.272 e. The van der Waals surface area contributed by atoms with Crippen LogP contribution in [-0.2, 0) is 4.79 Å². The Morgan fingerprint density at radius 1 is 1.24 bits per heavy atom. The molecule has 0 unspecified atom stereocenters. The van der Waals surface area contributed by atoms with Gasteiger partial charge in [0.2, 0.25) is 11.1 Å². The molecule has 0 fully saturated rings. The number of nitrogens with one attached hydrogen (secondary N) is 3. The summed E-state index contributed by atoms with van der Waals surface area (Å²) in [6, 6.07) is 7.14. The van der Waals surface area contributed by atoms with Crippen LogP contribution in [0.3, 0.4) is 0 Å². The summed E-state index contributed by atoms with van der Waals surface area (Å²) in [5.74, 6) is 0.806. The third kappa shape index (κ3) is 3.87. The Balaban J connectivity index is 1.63. The van der Waals surface area contributed by atoms with E-state index in [1.54, 1.807) is 25.1 Å². The fraction of sp³-hybridized carbons (Fsp3) is 0.312. The Kier molecular flexibility index (Phi) is 5.13. The first-order valence-corrected chi connectivity index (χ1v) is 8.81. The van der Waals surface area contributed by atoms with Crippen LogP contribution in [0, 0.1) is 6.92 Å². The first-order valence-electron chi connectivity index (χ1n) is 7.83. The SMILES string of the molecule is Cc1nc(SCCNC(=O)[C@H](C)c2n[nH]c(=O)c3ccccc23)n[nH]1. The van der Waals surface area contributed by atoms with Gasteiger partial charge in [-0.15, -0.1) is 5.10 Å². The van der Waals surface area contributed by atoms with Crippen molar-refractivity contribution in [2.45, 2.75) is 24.9 Å². The summed E-state index contributed by atoms with van der Waals surface area (Å²) >= 11 is 1.46. The summed E-state index contributed by atoms with van der Waals surface area (Å²) in [6.45, 7) is 4.10. The number of rotatable bonds is 6. The second-order valence-electron chi connectivity index (χ2n) is 5.55. The molecule has 0 radical (unpaired) electrons. The van der Waals surface area contributed by atoms with Gasteiger partial charge in [0.25, 0.3) is 5.56 Å². The van der Waals surface area contributed by atoms with E-state index in [9.17, 15) is 9.59 Å². The average Bonchev–Trinajstić information content (AvgIpc) is 3.04. The van der Waals surface area contributed by atoms with E-state index in [0.29, 0.717) is 33.9 Å². The summed E-state index contributed by atoms with van der Waals surface area (Å²) in [5, 5.41) is 18.1. The van der Waals surface area contributed by atoms with E-state index < -0.39 is 5.92 Å². The van der Waals surface area contributed by atoms with Crippen LogP contribution in [0.4, 0.5) is 0 Å². The van der Waals surface area contributed by atoms with Crippen molar-refractivity contribution in [1.82, 2.24) is 30.7 Å². The number of aromatic amines is 2. The van der Waals surface area contributed by atoms with E-state index in [4.69, 9.17) is 0 Å². The average molecular weight is 358 g/mol. The maximum atomic E-state index is 12.4. The van der Waals surface area contributed by atoms with Crippen LogP contribution in [0.5, 0.6) is 0 Å². The molecule has 0 spiro atoms. The van der Waals surface area contributed by atoms with Gasteiger partial charge in [-0.2, -0.15) is 5.10 Å². The molecule has 2 heterocycles. The fourth-order valence-electron chi connectivity index (χ4n) is 2.45. The van der Waals surface area contributed by atoms with Crippen molar-refractivity contribution in [1.29, 1.82) is 0 Å². The Labute approximate surface area is 147 Å². The molecule has 0 aliphatic rings. The number of fused-ring (bicyclic) bond motifs is 1. The number of thioether (sulfide) groups is 1. The molecule has 9 heteroatoms. The van der Waals surface area contributed by atoms with Crippen LogP contribution in [-0.4, -0.2) is 43.6 Å². The lowest BCUT2D eigenvalue weighted by atomic mass is 10.0. The number of benzene rings is 1. The molecule has 25 heavy (non-hydrogen) atoms. The first kappa shape index (κ1) is 17.2. The molecular weight excluding hydrogens is 340 g/mol. The molecule has 0 saturated carbocycles. The molecule has 0 aliphatic heterocycles. The van der Waals surface area contributed by atoms with Crippen molar-refractivity contribution in [2.24, 2.45) is 0 Å². The number of carbonyl (C=O) groups excluding carboxylic acids is 1. The molecule has 130 valence electrons. The lowest BCUT2D eigenvalue weighted by molar-refractivity contribution is -0.122. The number of hydrogen-bond donors (Lipinski definition) is 3. The van der Waals surface area contributed by atoms with Gasteiger partial charge in [-0.05, 0) is 19.9 Å². The molecule has 0 saturated heterocycles. The zero-order valence-corrected chi connectivity index (χ0v) is 14.7. The number of H-pyrrole nitrogens is 2. The van der Waals surface area contributed by atoms with Crippen molar-refractivity contribution in [3.63, 3.8) is 0 Å². The highest BCUT2D eigenvalue weighted by Crippen LogP contribution is 2.21. The normalized spacial score (nSPS) is 12.2. The lowest BCUT2D eigenvalue weighted by Gasteiger charge is -2.13. The number of aromatic nitrogens is 5. The number of amides is 1. The van der Waals surface area contributed by atoms with Gasteiger partial charge in [0, 0.05) is 17.7 Å². The van der Waals surface area contributed by atoms with Crippen LogP contribution < -0.4 is 10.9 Å². The molecule has 3 N–H and O–H groups in total. The molecule has 0 bridgehead atoms. The second kappa shape index (κ2) is 7.47. The first-order chi connectivity index (χ1) is 12.1. The minimum absolute atomic E-state index is 0.142. The summed E-state index contributed by atoms with van der Waals surface area (Å²) in [5.41, 5.74) is 0.301. The standard InChI is InChI=1S/C16H18N6O2S/c1-9(13-11-5-3-4-6-12(11)15(24)21-20-13)14(23)17-7-8-25-16-18-10(2)19-22-16/h3-6,9H,7-8H2,1-2H3,(H,17,23)(H,21,24)(H,18,19,22)/t9-/m1/s1. The van der Waals surface area contributed by atoms with Gasteiger partial charge in [-0.3, -0.25) is 14.7 Å². The van der Waals surface area contributed by atoms with Crippen molar-refractivity contribution in [3.8, 4) is 0 Å². The highest BCUT2D eigenvalue weighted by molar-refractivity contribution is 7.99. The van der Waals surface area contributed by atoms with E-state index in [0.717, 1.165) is 5.82 Å². The third-order valence-electron chi connectivity index (χ3n) is 3.74. The molecule has 0 aliphatic carbocycles. The minimum atomic E-state index is -0.475. The number of nitrogens with zero attached hydrogens (tertiary/aromatic N) is 3. The van der Waals surface area contributed by atoms with Crippen molar-refractivity contribution in [3.05, 3.63) is 46.1 Å². The molecule has 1 amide bonds. The van der Waals surface area contributed by atoms with Gasteiger partial charge < -0.3 is 5.32 Å². The molecule has 8 nitrogen and oxygen atoms in total. The third-order valence-corrected chi connectivity index (χ3v) is 4.59. The van der Waals surface area contributed by atoms with Crippen LogP contribution in [0.2, 0.25) is 0 Å². The Morgan fingerprint density at radius 2 is 2.00 bits per heavy atom. The molecule has 3 aromatic rings. The van der Waals surface area contributed by atoms with Gasteiger partial charge in [0.1, 0.15) is 5.82 Å². The predicted molar refractivity (Wildman–Crippen MR) is 95.6 cm³/mol. The molecule has 2 aromatic heterocycles. The predicted octanol–water partition coefficient (Wildman–Crippen LogP) is 1.36. The van der Waals surface area contributed by atoms with Crippen LogP contribution in [0.25, 0.3) is 10.8 Å². The molecule has 1 atom stereocenters. The highest BCUT2D eigenvalue weighted by Gasteiger charge is 2.20. The second-order valence-corrected chi connectivity index (χ2v) is 6.61. The van der Waals surface area contributed by atoms with Crippen LogP contribution in [0.1, 0.15) is 24.4 Å².